The standard InChI is InChI=1S/C26H37NO4Si.2H2S/c1-25(2,3)30-24(29)27-17-20(19-28)23(18-27)31-32(26(4,5)6,21-13-9-7-10-14-21)22-15-11-8-12-16-22;;/h7-16,20,23,28H,17-19H2,1-6H3;2*1H2/t20-,23+;;/m0../s1. The average molecular weight is 524 g/mol. The molecule has 1 aliphatic rings. The van der Waals surface area contributed by atoms with Gasteiger partial charge in [-0.25, -0.2) is 4.79 Å². The van der Waals surface area contributed by atoms with Crippen LogP contribution >= 0.6 is 27.0 Å². The van der Waals surface area contributed by atoms with E-state index < -0.39 is 13.9 Å². The van der Waals surface area contributed by atoms with Crippen LogP contribution in [0.25, 0.3) is 0 Å². The lowest BCUT2D eigenvalue weighted by Gasteiger charge is -2.45. The van der Waals surface area contributed by atoms with Gasteiger partial charge in [-0.1, -0.05) is 81.4 Å². The van der Waals surface area contributed by atoms with Crippen LogP contribution in [0.3, 0.4) is 0 Å². The molecule has 0 spiro atoms. The fraction of sp³-hybridized carbons (Fsp3) is 0.500. The third-order valence-corrected chi connectivity index (χ3v) is 11.1. The Bertz CT molecular complexity index is 861. The van der Waals surface area contributed by atoms with Crippen LogP contribution in [-0.2, 0) is 9.16 Å². The van der Waals surface area contributed by atoms with Gasteiger partial charge in [0, 0.05) is 19.0 Å². The van der Waals surface area contributed by atoms with Crippen LogP contribution < -0.4 is 10.4 Å². The lowest BCUT2D eigenvalue weighted by atomic mass is 10.1. The molecule has 0 saturated carbocycles. The number of rotatable bonds is 5. The Hall–Kier alpha value is -1.45. The maximum absolute atomic E-state index is 12.7. The van der Waals surface area contributed by atoms with Crippen molar-refractivity contribution in [2.45, 2.75) is 58.3 Å². The summed E-state index contributed by atoms with van der Waals surface area (Å²) in [5, 5.41) is 12.4. The molecule has 1 saturated heterocycles. The van der Waals surface area contributed by atoms with Gasteiger partial charge < -0.3 is 19.2 Å². The molecule has 0 radical (unpaired) electrons. The number of amides is 1. The van der Waals surface area contributed by atoms with Crippen molar-refractivity contribution < 1.29 is 19.1 Å². The number of hydrogen-bond acceptors (Lipinski definition) is 4. The number of aliphatic hydroxyl groups excluding tert-OH is 1. The second-order valence-corrected chi connectivity index (χ2v) is 14.9. The van der Waals surface area contributed by atoms with Crippen molar-refractivity contribution >= 4 is 51.8 Å². The third-order valence-electron chi connectivity index (χ3n) is 6.01. The summed E-state index contributed by atoms with van der Waals surface area (Å²) in [6.45, 7) is 13.1. The lowest BCUT2D eigenvalue weighted by Crippen LogP contribution is -2.68. The molecule has 5 nitrogen and oxygen atoms in total. The summed E-state index contributed by atoms with van der Waals surface area (Å²) in [5.41, 5.74) is -0.567. The van der Waals surface area contributed by atoms with E-state index in [-0.39, 0.29) is 56.8 Å². The lowest BCUT2D eigenvalue weighted by molar-refractivity contribution is 0.0272. The van der Waals surface area contributed by atoms with Crippen molar-refractivity contribution in [2.75, 3.05) is 19.7 Å². The minimum absolute atomic E-state index is 0. The first kappa shape index (κ1) is 30.6. The first-order valence-corrected chi connectivity index (χ1v) is 13.3. The van der Waals surface area contributed by atoms with Gasteiger partial charge in [0.05, 0.1) is 12.7 Å². The second-order valence-electron chi connectivity index (χ2n) is 10.6. The van der Waals surface area contributed by atoms with Gasteiger partial charge in [-0.2, -0.15) is 27.0 Å². The van der Waals surface area contributed by atoms with Crippen molar-refractivity contribution in [3.8, 4) is 0 Å². The zero-order chi connectivity index (χ0) is 23.6. The maximum Gasteiger partial charge on any atom is 0.410 e. The molecular weight excluding hydrogens is 483 g/mol. The Kier molecular flexibility index (Phi) is 10.8. The quantitative estimate of drug-likeness (QED) is 0.602. The summed E-state index contributed by atoms with van der Waals surface area (Å²) >= 11 is 0. The molecule has 1 N–H and O–H groups in total. The van der Waals surface area contributed by atoms with E-state index in [1.54, 1.807) is 4.90 Å². The van der Waals surface area contributed by atoms with Gasteiger partial charge in [0.2, 0.25) is 0 Å². The summed E-state index contributed by atoms with van der Waals surface area (Å²) < 4.78 is 12.8. The summed E-state index contributed by atoms with van der Waals surface area (Å²) in [5.74, 6) is -0.163. The molecule has 8 heteroatoms. The van der Waals surface area contributed by atoms with E-state index in [9.17, 15) is 9.90 Å². The molecule has 2 atom stereocenters. The second kappa shape index (κ2) is 12.0. The Morgan fingerprint density at radius 2 is 1.38 bits per heavy atom. The molecule has 0 unspecified atom stereocenters. The number of nitrogens with zero attached hydrogens (tertiary/aromatic N) is 1. The van der Waals surface area contributed by atoms with Crippen LogP contribution in [-0.4, -0.2) is 55.8 Å². The van der Waals surface area contributed by atoms with E-state index in [0.717, 1.165) is 0 Å². The number of aliphatic hydroxyl groups is 1. The highest BCUT2D eigenvalue weighted by Gasteiger charge is 2.53. The van der Waals surface area contributed by atoms with Gasteiger partial charge in [-0.05, 0) is 36.2 Å². The molecule has 0 aromatic heterocycles. The molecule has 0 aliphatic carbocycles. The van der Waals surface area contributed by atoms with E-state index in [0.29, 0.717) is 13.1 Å². The molecule has 0 bridgehead atoms. The molecule has 2 aromatic rings. The van der Waals surface area contributed by atoms with Gasteiger partial charge >= 0.3 is 6.09 Å². The van der Waals surface area contributed by atoms with Crippen LogP contribution in [0.5, 0.6) is 0 Å². The smallest absolute Gasteiger partial charge is 0.410 e. The molecule has 190 valence electrons. The van der Waals surface area contributed by atoms with Crippen LogP contribution in [0, 0.1) is 5.92 Å². The zero-order valence-electron chi connectivity index (χ0n) is 21.2. The minimum atomic E-state index is -2.77. The van der Waals surface area contributed by atoms with Crippen LogP contribution in [0.4, 0.5) is 4.79 Å². The summed E-state index contributed by atoms with van der Waals surface area (Å²) in [6, 6.07) is 20.9. The first-order valence-electron chi connectivity index (χ1n) is 11.4. The predicted molar refractivity (Wildman–Crippen MR) is 152 cm³/mol. The van der Waals surface area contributed by atoms with E-state index in [1.807, 2.05) is 32.9 Å². The molecule has 1 aliphatic heterocycles. The molecular formula is C26H41NO4S2Si. The Morgan fingerprint density at radius 1 is 0.912 bits per heavy atom. The Morgan fingerprint density at radius 3 is 1.76 bits per heavy atom. The minimum Gasteiger partial charge on any atom is -0.444 e. The maximum atomic E-state index is 12.7. The van der Waals surface area contributed by atoms with Crippen LogP contribution in [0.15, 0.2) is 60.7 Å². The molecule has 2 aromatic carbocycles. The fourth-order valence-electron chi connectivity index (χ4n) is 4.54. The average Bonchev–Trinajstić information content (AvgIpc) is 3.14. The van der Waals surface area contributed by atoms with Gasteiger partial charge in [0.1, 0.15) is 5.60 Å². The zero-order valence-corrected chi connectivity index (χ0v) is 24.2. The highest BCUT2D eigenvalue weighted by Crippen LogP contribution is 2.39. The fourth-order valence-corrected chi connectivity index (χ4v) is 9.28. The Balaban J connectivity index is 0.00000289. The molecule has 3 rings (SSSR count). The van der Waals surface area contributed by atoms with Crippen molar-refractivity contribution in [3.63, 3.8) is 0 Å². The summed E-state index contributed by atoms with van der Waals surface area (Å²) in [4.78, 5) is 14.4. The first-order chi connectivity index (χ1) is 15.0. The van der Waals surface area contributed by atoms with Crippen LogP contribution in [0.1, 0.15) is 41.5 Å². The largest absolute Gasteiger partial charge is 0.444 e. The van der Waals surface area contributed by atoms with Gasteiger partial charge in [0.15, 0.2) is 0 Å². The van der Waals surface area contributed by atoms with E-state index in [1.165, 1.54) is 10.4 Å². The van der Waals surface area contributed by atoms with Crippen molar-refractivity contribution in [2.24, 2.45) is 5.92 Å². The third kappa shape index (κ3) is 6.60. The van der Waals surface area contributed by atoms with Crippen LogP contribution in [0.2, 0.25) is 5.04 Å². The topological polar surface area (TPSA) is 59.0 Å². The van der Waals surface area contributed by atoms with Gasteiger partial charge in [-0.15, -0.1) is 0 Å². The summed E-state index contributed by atoms with van der Waals surface area (Å²) in [6.07, 6.45) is -0.636. The highest BCUT2D eigenvalue weighted by atomic mass is 32.1. The van der Waals surface area contributed by atoms with Gasteiger partial charge in [-0.3, -0.25) is 0 Å². The molecule has 1 heterocycles. The monoisotopic (exact) mass is 523 g/mol. The number of carbonyl (C=O) groups excluding carboxylic acids is 1. The highest BCUT2D eigenvalue weighted by molar-refractivity contribution is 7.59. The predicted octanol–water partition coefficient (Wildman–Crippen LogP) is 4.02. The van der Waals surface area contributed by atoms with Crippen molar-refractivity contribution in [1.82, 2.24) is 4.90 Å². The van der Waals surface area contributed by atoms with Crippen molar-refractivity contribution in [3.05, 3.63) is 60.7 Å². The number of carbonyl (C=O) groups is 1. The van der Waals surface area contributed by atoms with Gasteiger partial charge in [0.25, 0.3) is 8.32 Å². The van der Waals surface area contributed by atoms with E-state index in [4.69, 9.17) is 9.16 Å². The number of ether oxygens (including phenoxy) is 1. The van der Waals surface area contributed by atoms with E-state index in [2.05, 4.69) is 69.3 Å². The number of benzene rings is 2. The SMILES string of the molecule is CC(C)(C)OC(=O)N1C[C@@H](CO)[C@H](O[Si](c2ccccc2)(c2ccccc2)C(C)(C)C)C1.S.S. The van der Waals surface area contributed by atoms with Crippen molar-refractivity contribution in [1.29, 1.82) is 0 Å². The molecule has 1 amide bonds. The summed E-state index contributed by atoms with van der Waals surface area (Å²) in [7, 11) is -2.77. The number of likely N-dealkylation sites (tertiary alicyclic amines) is 1. The normalized spacial score (nSPS) is 18.6. The number of hydrogen-bond donors (Lipinski definition) is 1. The molecule has 1 fully saturated rings. The Labute approximate surface area is 219 Å². The van der Waals surface area contributed by atoms with E-state index >= 15 is 0 Å². The molecule has 34 heavy (non-hydrogen) atoms.